The average Bonchev–Trinajstić information content (AvgIpc) is 3.38. The van der Waals surface area contributed by atoms with Crippen LogP contribution in [0.1, 0.15) is 26.3 Å². The number of nitrogens with two attached hydrogens (primary N) is 2. The smallest absolute Gasteiger partial charge is 0.410 e. The minimum absolute atomic E-state index is 0.0195. The zero-order chi connectivity index (χ0) is 31.1. The van der Waals surface area contributed by atoms with Crippen molar-refractivity contribution in [2.45, 2.75) is 39.0 Å². The molecule has 3 heterocycles. The van der Waals surface area contributed by atoms with Crippen LogP contribution in [0.25, 0.3) is 0 Å². The Morgan fingerprint density at radius 1 is 1.19 bits per heavy atom. The normalized spacial score (nSPS) is 21.6. The fourth-order valence-corrected chi connectivity index (χ4v) is 6.03. The lowest BCUT2D eigenvalue weighted by Gasteiger charge is -2.26. The van der Waals surface area contributed by atoms with E-state index in [-0.39, 0.29) is 60.5 Å². The number of nitrogens with zero attached hydrogens (tertiary/aromatic N) is 5. The van der Waals surface area contributed by atoms with Crippen LogP contribution < -0.4 is 21.5 Å². The highest BCUT2D eigenvalue weighted by atomic mass is 35.5. The highest BCUT2D eigenvalue weighted by Gasteiger charge is 2.58. The molecule has 5 rings (SSSR count). The van der Waals surface area contributed by atoms with E-state index in [1.165, 1.54) is 0 Å². The number of halogens is 2. The van der Waals surface area contributed by atoms with Crippen molar-refractivity contribution in [3.05, 3.63) is 69.9 Å². The van der Waals surface area contributed by atoms with E-state index in [9.17, 15) is 9.59 Å². The van der Waals surface area contributed by atoms with Gasteiger partial charge in [0.05, 0.1) is 35.9 Å². The van der Waals surface area contributed by atoms with Crippen LogP contribution in [0, 0.1) is 11.8 Å². The molecule has 5 N–H and O–H groups in total. The zero-order valence-electron chi connectivity index (χ0n) is 24.3. The monoisotopic (exact) mass is 630 g/mol. The van der Waals surface area contributed by atoms with E-state index in [1.54, 1.807) is 32.8 Å². The van der Waals surface area contributed by atoms with Crippen molar-refractivity contribution in [3.8, 4) is 5.75 Å². The Hall–Kier alpha value is -3.90. The first kappa shape index (κ1) is 30.6. The summed E-state index contributed by atoms with van der Waals surface area (Å²) < 4.78 is 13.3. The average molecular weight is 632 g/mol. The first-order valence-electron chi connectivity index (χ1n) is 13.9. The third-order valence-electron chi connectivity index (χ3n) is 7.45. The molecular weight excluding hydrogens is 595 g/mol. The Morgan fingerprint density at radius 3 is 2.53 bits per heavy atom. The number of rotatable bonds is 8. The lowest BCUT2D eigenvalue weighted by atomic mass is 10.0. The zero-order valence-corrected chi connectivity index (χ0v) is 25.9. The fraction of sp³-hybridized carbons (Fsp3) is 0.448. The number of ether oxygens (including phenoxy) is 2. The summed E-state index contributed by atoms with van der Waals surface area (Å²) in [6, 6.07) is 4.77. The Labute approximate surface area is 260 Å². The fourth-order valence-electron chi connectivity index (χ4n) is 5.46. The van der Waals surface area contributed by atoms with Crippen LogP contribution >= 0.6 is 23.2 Å². The predicted octanol–water partition coefficient (Wildman–Crippen LogP) is 3.59. The number of benzene rings is 1. The molecule has 0 spiro atoms. The lowest BCUT2D eigenvalue weighted by molar-refractivity contribution is 0.0270. The molecule has 1 unspecified atom stereocenters. The van der Waals surface area contributed by atoms with Gasteiger partial charge in [-0.3, -0.25) is 4.68 Å². The van der Waals surface area contributed by atoms with Gasteiger partial charge in [0.15, 0.2) is 0 Å². The van der Waals surface area contributed by atoms with Crippen LogP contribution in [0.3, 0.4) is 0 Å². The van der Waals surface area contributed by atoms with Crippen molar-refractivity contribution < 1.29 is 19.1 Å². The second kappa shape index (κ2) is 12.0. The van der Waals surface area contributed by atoms with Gasteiger partial charge in [0.25, 0.3) is 0 Å². The molecule has 14 heteroatoms. The van der Waals surface area contributed by atoms with Gasteiger partial charge < -0.3 is 36.1 Å². The number of aromatic nitrogens is 2. The van der Waals surface area contributed by atoms with Crippen molar-refractivity contribution in [2.24, 2.45) is 28.3 Å². The molecule has 1 saturated heterocycles. The minimum atomic E-state index is -0.556. The van der Waals surface area contributed by atoms with Crippen LogP contribution in [0.4, 0.5) is 9.59 Å². The summed E-state index contributed by atoms with van der Waals surface area (Å²) >= 11 is 13.0. The molecule has 0 bridgehead atoms. The summed E-state index contributed by atoms with van der Waals surface area (Å²) in [5.41, 5.74) is 13.7. The SMILES string of the molecule is C=C(N)N=C(C1=C(N)CN(C(=O)NC2[C@H]3CN(C(=O)OC(C)(C)C)C[C@@H]23)C1)c1c(Cl)cc(Cl)cc1OCCn1cccn1. The van der Waals surface area contributed by atoms with Gasteiger partial charge >= 0.3 is 12.1 Å². The summed E-state index contributed by atoms with van der Waals surface area (Å²) in [5, 5.41) is 7.95. The number of urea groups is 1. The van der Waals surface area contributed by atoms with E-state index in [4.69, 9.17) is 44.1 Å². The van der Waals surface area contributed by atoms with Crippen LogP contribution in [0.5, 0.6) is 5.75 Å². The molecule has 1 saturated carbocycles. The number of hydrogen-bond donors (Lipinski definition) is 3. The molecule has 3 atom stereocenters. The third-order valence-corrected chi connectivity index (χ3v) is 7.97. The number of piperidine rings is 1. The summed E-state index contributed by atoms with van der Waals surface area (Å²) in [7, 11) is 0. The Morgan fingerprint density at radius 2 is 1.91 bits per heavy atom. The molecule has 0 radical (unpaired) electrons. The number of aliphatic imine (C=N–C) groups is 1. The van der Waals surface area contributed by atoms with E-state index in [2.05, 4.69) is 22.0 Å². The number of nitrogens with one attached hydrogen (secondary N) is 1. The maximum absolute atomic E-state index is 13.3. The molecule has 1 aromatic carbocycles. The van der Waals surface area contributed by atoms with Crippen molar-refractivity contribution in [1.82, 2.24) is 24.9 Å². The van der Waals surface area contributed by atoms with Gasteiger partial charge in [-0.25, -0.2) is 14.6 Å². The third kappa shape index (κ3) is 7.02. The Bertz CT molecular complexity index is 1470. The van der Waals surface area contributed by atoms with Crippen LogP contribution in [0.15, 0.2) is 59.3 Å². The molecule has 12 nitrogen and oxygen atoms in total. The van der Waals surface area contributed by atoms with Gasteiger partial charge in [-0.05, 0) is 39.0 Å². The van der Waals surface area contributed by atoms with E-state index >= 15 is 0 Å². The topological polar surface area (TPSA) is 153 Å². The number of likely N-dealkylation sites (tertiary alicyclic amines) is 1. The predicted molar refractivity (Wildman–Crippen MR) is 164 cm³/mol. The summed E-state index contributed by atoms with van der Waals surface area (Å²) in [5.74, 6) is 0.798. The Balaban J connectivity index is 1.26. The number of fused-ring (bicyclic) bond motifs is 1. The number of amides is 3. The lowest BCUT2D eigenvalue weighted by Crippen LogP contribution is -2.44. The van der Waals surface area contributed by atoms with Gasteiger partial charge in [0.1, 0.15) is 23.8 Å². The maximum Gasteiger partial charge on any atom is 0.410 e. The second-order valence-electron chi connectivity index (χ2n) is 11.9. The van der Waals surface area contributed by atoms with Crippen molar-refractivity contribution in [3.63, 3.8) is 0 Å². The number of carbonyl (C=O) groups is 2. The quantitative estimate of drug-likeness (QED) is 0.377. The maximum atomic E-state index is 13.3. The van der Waals surface area contributed by atoms with Crippen molar-refractivity contribution >= 4 is 41.0 Å². The first-order chi connectivity index (χ1) is 20.3. The van der Waals surface area contributed by atoms with Gasteiger partial charge in [-0.2, -0.15) is 5.10 Å². The van der Waals surface area contributed by atoms with E-state index in [0.29, 0.717) is 53.0 Å². The molecule has 3 amide bonds. The van der Waals surface area contributed by atoms with Gasteiger partial charge in [-0.15, -0.1) is 0 Å². The van der Waals surface area contributed by atoms with Crippen molar-refractivity contribution in [1.29, 1.82) is 0 Å². The summed E-state index contributed by atoms with van der Waals surface area (Å²) in [6.07, 6.45) is 3.19. The standard InChI is InChI=1S/C29H36Cl2N8O4/c1-16(32)35-26(24-21(31)10-17(30)11-23(24)42-9-8-39-7-5-6-34-39)20-14-37(15-22(20)33)27(40)36-25-18-12-38(13-19(18)25)28(41)43-29(2,3)4/h5-7,10-11,18-19,25H,1,8-9,12-15,32-33H2,2-4H3,(H,36,40)/t18-,19+,25?. The van der Waals surface area contributed by atoms with Crippen LogP contribution in [-0.4, -0.2) is 81.8 Å². The molecule has 1 aromatic heterocycles. The number of carbonyl (C=O) groups excluding carboxylic acids is 2. The molecule has 2 aliphatic heterocycles. The van der Waals surface area contributed by atoms with E-state index in [1.807, 2.05) is 33.0 Å². The molecule has 2 fully saturated rings. The molecule has 43 heavy (non-hydrogen) atoms. The number of hydrogen-bond acceptors (Lipinski definition) is 8. The van der Waals surface area contributed by atoms with Crippen LogP contribution in [0.2, 0.25) is 10.0 Å². The molecule has 2 aromatic rings. The molecular formula is C29H36Cl2N8O4. The Kier molecular flexibility index (Phi) is 8.53. The molecule has 1 aliphatic carbocycles. The highest BCUT2D eigenvalue weighted by molar-refractivity contribution is 6.38. The van der Waals surface area contributed by atoms with Gasteiger partial charge in [0, 0.05) is 59.7 Å². The summed E-state index contributed by atoms with van der Waals surface area (Å²) in [4.78, 5) is 33.5. The molecule has 230 valence electrons. The largest absolute Gasteiger partial charge is 0.491 e. The van der Waals surface area contributed by atoms with Crippen molar-refractivity contribution in [2.75, 3.05) is 32.8 Å². The minimum Gasteiger partial charge on any atom is -0.491 e. The highest BCUT2D eigenvalue weighted by Crippen LogP contribution is 2.46. The molecule has 3 aliphatic rings. The van der Waals surface area contributed by atoms with Crippen LogP contribution in [-0.2, 0) is 11.3 Å². The first-order valence-corrected chi connectivity index (χ1v) is 14.7. The summed E-state index contributed by atoms with van der Waals surface area (Å²) in [6.45, 7) is 11.5. The van der Waals surface area contributed by atoms with E-state index < -0.39 is 5.60 Å². The van der Waals surface area contributed by atoms with E-state index in [0.717, 1.165) is 0 Å². The van der Waals surface area contributed by atoms with Gasteiger partial charge in [0.2, 0.25) is 0 Å². The van der Waals surface area contributed by atoms with Gasteiger partial charge in [-0.1, -0.05) is 29.8 Å². The second-order valence-corrected chi connectivity index (χ2v) is 12.7.